The fourth-order valence-corrected chi connectivity index (χ4v) is 2.54. The van der Waals surface area contributed by atoms with E-state index in [0.29, 0.717) is 31.5 Å². The van der Waals surface area contributed by atoms with Crippen LogP contribution in [0.5, 0.6) is 0 Å². The molecule has 1 saturated heterocycles. The highest BCUT2D eigenvalue weighted by Gasteiger charge is 2.28. The molecule has 0 atom stereocenters. The van der Waals surface area contributed by atoms with Crippen molar-refractivity contribution in [3.63, 3.8) is 0 Å². The van der Waals surface area contributed by atoms with E-state index in [4.69, 9.17) is 4.74 Å². The van der Waals surface area contributed by atoms with Crippen molar-refractivity contribution < 1.29 is 14.3 Å². The van der Waals surface area contributed by atoms with Crippen LogP contribution in [-0.4, -0.2) is 44.0 Å². The maximum absolute atomic E-state index is 12.5. The van der Waals surface area contributed by atoms with Gasteiger partial charge in [-0.15, -0.1) is 0 Å². The number of hydrogen-bond acceptors (Lipinski definition) is 4. The lowest BCUT2D eigenvalue weighted by atomic mass is 9.96. The van der Waals surface area contributed by atoms with Crippen molar-refractivity contribution >= 4 is 17.6 Å². The molecule has 2 rings (SSSR count). The topological polar surface area (TPSA) is 58.6 Å². The normalized spacial score (nSPS) is 15.8. The molecule has 1 fully saturated rings. The summed E-state index contributed by atoms with van der Waals surface area (Å²) >= 11 is 0. The molecule has 0 radical (unpaired) electrons. The molecule has 0 aliphatic carbocycles. The molecule has 20 heavy (non-hydrogen) atoms. The minimum Gasteiger partial charge on any atom is -0.469 e. The monoisotopic (exact) mass is 276 g/mol. The largest absolute Gasteiger partial charge is 0.469 e. The van der Waals surface area contributed by atoms with Crippen molar-refractivity contribution in [1.29, 1.82) is 0 Å². The van der Waals surface area contributed by atoms with Gasteiger partial charge < -0.3 is 15.0 Å². The number of piperidine rings is 1. The summed E-state index contributed by atoms with van der Waals surface area (Å²) in [5.74, 6) is -0.241. The van der Waals surface area contributed by atoms with Gasteiger partial charge in [-0.3, -0.25) is 9.59 Å². The number of para-hydroxylation sites is 1. The molecule has 0 spiro atoms. The lowest BCUT2D eigenvalue weighted by Gasteiger charge is -2.31. The lowest BCUT2D eigenvalue weighted by Crippen LogP contribution is -2.40. The van der Waals surface area contributed by atoms with E-state index >= 15 is 0 Å². The summed E-state index contributed by atoms with van der Waals surface area (Å²) in [7, 11) is 3.21. The van der Waals surface area contributed by atoms with E-state index in [1.54, 1.807) is 11.9 Å². The molecule has 5 nitrogen and oxygen atoms in total. The van der Waals surface area contributed by atoms with Gasteiger partial charge in [0.15, 0.2) is 0 Å². The van der Waals surface area contributed by atoms with Crippen LogP contribution < -0.4 is 5.32 Å². The highest BCUT2D eigenvalue weighted by Crippen LogP contribution is 2.22. The molecule has 1 amide bonds. The van der Waals surface area contributed by atoms with Crippen molar-refractivity contribution in [2.45, 2.75) is 12.8 Å². The highest BCUT2D eigenvalue weighted by atomic mass is 16.5. The summed E-state index contributed by atoms with van der Waals surface area (Å²) in [6, 6.07) is 7.45. The minimum absolute atomic E-state index is 0.0123. The van der Waals surface area contributed by atoms with Crippen molar-refractivity contribution in [2.24, 2.45) is 5.92 Å². The number of ether oxygens (including phenoxy) is 1. The Balaban J connectivity index is 2.03. The van der Waals surface area contributed by atoms with Crippen molar-refractivity contribution in [3.8, 4) is 0 Å². The number of nitrogens with one attached hydrogen (secondary N) is 1. The maximum atomic E-state index is 12.5. The molecule has 1 aromatic rings. The van der Waals surface area contributed by atoms with Crippen LogP contribution in [0.3, 0.4) is 0 Å². The van der Waals surface area contributed by atoms with Gasteiger partial charge in [0.1, 0.15) is 0 Å². The van der Waals surface area contributed by atoms with Crippen LogP contribution in [0.1, 0.15) is 23.2 Å². The standard InChI is InChI=1S/C15H20N2O3/c1-16-13-6-4-3-5-12(13)14(18)17-9-7-11(8-10-17)15(19)20-2/h3-6,11,16H,7-10H2,1-2H3. The predicted molar refractivity (Wildman–Crippen MR) is 76.6 cm³/mol. The lowest BCUT2D eigenvalue weighted by molar-refractivity contribution is -0.146. The van der Waals surface area contributed by atoms with Crippen LogP contribution in [0, 0.1) is 5.92 Å². The molecule has 108 valence electrons. The van der Waals surface area contributed by atoms with Crippen LogP contribution in [0.15, 0.2) is 24.3 Å². The Hall–Kier alpha value is -2.04. The smallest absolute Gasteiger partial charge is 0.308 e. The molecule has 1 aliphatic rings. The highest BCUT2D eigenvalue weighted by molar-refractivity contribution is 5.99. The van der Waals surface area contributed by atoms with E-state index in [2.05, 4.69) is 5.32 Å². The molecular weight excluding hydrogens is 256 g/mol. The fraction of sp³-hybridized carbons (Fsp3) is 0.467. The first-order chi connectivity index (χ1) is 9.67. The molecule has 1 aromatic carbocycles. The fourth-order valence-electron chi connectivity index (χ4n) is 2.54. The molecule has 1 aliphatic heterocycles. The van der Waals surface area contributed by atoms with Crippen LogP contribution >= 0.6 is 0 Å². The van der Waals surface area contributed by atoms with Crippen molar-refractivity contribution in [3.05, 3.63) is 29.8 Å². The number of rotatable bonds is 3. The summed E-state index contributed by atoms with van der Waals surface area (Å²) in [5.41, 5.74) is 1.50. The molecule has 1 heterocycles. The van der Waals surface area contributed by atoms with E-state index < -0.39 is 0 Å². The number of anilines is 1. The second kappa shape index (κ2) is 6.41. The maximum Gasteiger partial charge on any atom is 0.308 e. The molecule has 0 aromatic heterocycles. The number of nitrogens with zero attached hydrogens (tertiary/aromatic N) is 1. The predicted octanol–water partition coefficient (Wildman–Crippen LogP) is 1.75. The summed E-state index contributed by atoms with van der Waals surface area (Å²) in [5, 5.41) is 3.03. The third-order valence-corrected chi connectivity index (χ3v) is 3.74. The summed E-state index contributed by atoms with van der Waals surface area (Å²) < 4.78 is 4.75. The number of benzene rings is 1. The van der Waals surface area contributed by atoms with E-state index in [0.717, 1.165) is 5.69 Å². The van der Waals surface area contributed by atoms with Crippen molar-refractivity contribution in [1.82, 2.24) is 4.90 Å². The van der Waals surface area contributed by atoms with E-state index in [-0.39, 0.29) is 17.8 Å². The number of methoxy groups -OCH3 is 1. The summed E-state index contributed by atoms with van der Waals surface area (Å²) in [6.07, 6.45) is 1.33. The van der Waals surface area contributed by atoms with E-state index in [1.807, 2.05) is 24.3 Å². The first-order valence-electron chi connectivity index (χ1n) is 6.81. The van der Waals surface area contributed by atoms with E-state index in [9.17, 15) is 9.59 Å². The number of esters is 1. The van der Waals surface area contributed by atoms with Gasteiger partial charge in [-0.2, -0.15) is 0 Å². The van der Waals surface area contributed by atoms with Crippen LogP contribution in [0.4, 0.5) is 5.69 Å². The average Bonchev–Trinajstić information content (AvgIpc) is 2.53. The van der Waals surface area contributed by atoms with Crippen molar-refractivity contribution in [2.75, 3.05) is 32.6 Å². The van der Waals surface area contributed by atoms with Gasteiger partial charge >= 0.3 is 5.97 Å². The van der Waals surface area contributed by atoms with Crippen LogP contribution in [-0.2, 0) is 9.53 Å². The molecular formula is C15H20N2O3. The SMILES string of the molecule is CNc1ccccc1C(=O)N1CCC(C(=O)OC)CC1. The third kappa shape index (κ3) is 2.92. The van der Waals surface area contributed by atoms with Gasteiger partial charge in [-0.25, -0.2) is 0 Å². The second-order valence-corrected chi connectivity index (χ2v) is 4.89. The average molecular weight is 276 g/mol. The van der Waals surface area contributed by atoms with Gasteiger partial charge in [0.2, 0.25) is 0 Å². The second-order valence-electron chi connectivity index (χ2n) is 4.89. The van der Waals surface area contributed by atoms with Gasteiger partial charge in [0, 0.05) is 25.8 Å². The molecule has 0 saturated carbocycles. The zero-order valence-electron chi connectivity index (χ0n) is 11.9. The van der Waals surface area contributed by atoms with Gasteiger partial charge in [-0.05, 0) is 25.0 Å². The Morgan fingerprint density at radius 3 is 2.50 bits per heavy atom. The number of carbonyl (C=O) groups is 2. The number of amides is 1. The Morgan fingerprint density at radius 2 is 1.90 bits per heavy atom. The Labute approximate surface area is 118 Å². The van der Waals surface area contributed by atoms with Crippen LogP contribution in [0.2, 0.25) is 0 Å². The quantitative estimate of drug-likeness (QED) is 0.855. The summed E-state index contributed by atoms with van der Waals surface area (Å²) in [4.78, 5) is 25.8. The van der Waals surface area contributed by atoms with E-state index in [1.165, 1.54) is 7.11 Å². The first kappa shape index (κ1) is 14.4. The van der Waals surface area contributed by atoms with Gasteiger partial charge in [-0.1, -0.05) is 12.1 Å². The molecule has 0 bridgehead atoms. The number of hydrogen-bond donors (Lipinski definition) is 1. The Kier molecular flexibility index (Phi) is 4.61. The zero-order chi connectivity index (χ0) is 14.5. The van der Waals surface area contributed by atoms with Gasteiger partial charge in [0.05, 0.1) is 18.6 Å². The third-order valence-electron chi connectivity index (χ3n) is 3.74. The number of carbonyl (C=O) groups excluding carboxylic acids is 2. The molecule has 1 N–H and O–H groups in total. The number of likely N-dealkylation sites (tertiary alicyclic amines) is 1. The molecule has 0 unspecified atom stereocenters. The van der Waals surface area contributed by atoms with Gasteiger partial charge in [0.25, 0.3) is 5.91 Å². The Morgan fingerprint density at radius 1 is 1.25 bits per heavy atom. The first-order valence-corrected chi connectivity index (χ1v) is 6.81. The Bertz CT molecular complexity index is 494. The molecule has 5 heteroatoms. The zero-order valence-corrected chi connectivity index (χ0v) is 11.9. The summed E-state index contributed by atoms with van der Waals surface area (Å²) in [6.45, 7) is 1.19. The minimum atomic E-state index is -0.173. The van der Waals surface area contributed by atoms with Crippen LogP contribution in [0.25, 0.3) is 0 Å².